The average Bonchev–Trinajstić information content (AvgIpc) is 3.21. The molecule has 2 aromatic heterocycles. The topological polar surface area (TPSA) is 67.4 Å². The smallest absolute Gasteiger partial charge is 0.257 e. The van der Waals surface area contributed by atoms with E-state index in [1.807, 2.05) is 23.6 Å². The number of nitrogens with zero attached hydrogens (tertiary/aromatic N) is 5. The van der Waals surface area contributed by atoms with Crippen molar-refractivity contribution in [1.82, 2.24) is 19.4 Å². The van der Waals surface area contributed by atoms with Gasteiger partial charge in [-0.3, -0.25) is 9.36 Å². The van der Waals surface area contributed by atoms with E-state index < -0.39 is 0 Å². The van der Waals surface area contributed by atoms with Crippen LogP contribution in [0.5, 0.6) is 0 Å². The lowest BCUT2D eigenvalue weighted by atomic mass is 10.1. The Morgan fingerprint density at radius 3 is 2.57 bits per heavy atom. The zero-order chi connectivity index (χ0) is 21.7. The molecule has 0 unspecified atom stereocenters. The highest BCUT2D eigenvalue weighted by Crippen LogP contribution is 2.35. The Labute approximate surface area is 181 Å². The van der Waals surface area contributed by atoms with Crippen molar-refractivity contribution < 1.29 is 9.21 Å². The molecular formula is C22H26ClN5O2. The number of carbonyl (C=O) groups excluding carboxylic acids is 1. The van der Waals surface area contributed by atoms with Crippen LogP contribution in [-0.4, -0.2) is 44.5 Å². The maximum absolute atomic E-state index is 12.9. The molecule has 7 nitrogen and oxygen atoms in total. The number of carbonyl (C=O) groups is 1. The van der Waals surface area contributed by atoms with Crippen LogP contribution in [0.25, 0.3) is 17.3 Å². The Morgan fingerprint density at radius 1 is 1.20 bits per heavy atom. The van der Waals surface area contributed by atoms with Gasteiger partial charge in [0.15, 0.2) is 5.82 Å². The third-order valence-electron chi connectivity index (χ3n) is 5.40. The SMILES string of the molecule is Cc1oc(-c2ncn3c2CN(C)C(=O)c2c(Cl)cccc2-3)nc1N(C(C)C)C(C)C. The first-order valence-corrected chi connectivity index (χ1v) is 10.4. The quantitative estimate of drug-likeness (QED) is 0.603. The van der Waals surface area contributed by atoms with Crippen LogP contribution in [-0.2, 0) is 6.54 Å². The van der Waals surface area contributed by atoms with Crippen LogP contribution in [0.1, 0.15) is 49.5 Å². The second-order valence-electron chi connectivity index (χ2n) is 8.20. The van der Waals surface area contributed by atoms with Gasteiger partial charge in [-0.2, -0.15) is 4.98 Å². The van der Waals surface area contributed by atoms with Crippen molar-refractivity contribution in [3.63, 3.8) is 0 Å². The van der Waals surface area contributed by atoms with Gasteiger partial charge < -0.3 is 14.2 Å². The summed E-state index contributed by atoms with van der Waals surface area (Å²) in [7, 11) is 1.76. The number of amides is 1. The van der Waals surface area contributed by atoms with E-state index >= 15 is 0 Å². The van der Waals surface area contributed by atoms with Gasteiger partial charge in [0, 0.05) is 19.1 Å². The van der Waals surface area contributed by atoms with E-state index in [-0.39, 0.29) is 18.0 Å². The van der Waals surface area contributed by atoms with E-state index in [9.17, 15) is 4.79 Å². The molecule has 0 N–H and O–H groups in total. The standard InChI is InChI=1S/C22H26ClN5O2/c1-12(2)28(13(3)4)20-14(5)30-21(25-20)19-17-10-26(6)22(29)18-15(23)8-7-9-16(18)27(17)11-24-19/h7-9,11-13H,10H2,1-6H3. The predicted molar refractivity (Wildman–Crippen MR) is 117 cm³/mol. The molecule has 0 bridgehead atoms. The molecule has 4 rings (SSSR count). The van der Waals surface area contributed by atoms with Crippen molar-refractivity contribution in [1.29, 1.82) is 0 Å². The molecule has 0 aliphatic carbocycles. The summed E-state index contributed by atoms with van der Waals surface area (Å²) in [4.78, 5) is 26.2. The number of hydrogen-bond donors (Lipinski definition) is 0. The average molecular weight is 428 g/mol. The molecule has 0 spiro atoms. The molecule has 158 valence electrons. The number of halogens is 1. The highest BCUT2D eigenvalue weighted by molar-refractivity contribution is 6.34. The van der Waals surface area contributed by atoms with E-state index in [4.69, 9.17) is 21.0 Å². The fraction of sp³-hybridized carbons (Fsp3) is 0.409. The summed E-state index contributed by atoms with van der Waals surface area (Å²) in [6, 6.07) is 5.99. The zero-order valence-electron chi connectivity index (χ0n) is 18.1. The van der Waals surface area contributed by atoms with Gasteiger partial charge in [-0.05, 0) is 46.8 Å². The number of oxazole rings is 1. The van der Waals surface area contributed by atoms with Crippen LogP contribution in [0, 0.1) is 6.92 Å². The van der Waals surface area contributed by atoms with Gasteiger partial charge in [0.2, 0.25) is 5.89 Å². The highest BCUT2D eigenvalue weighted by Gasteiger charge is 2.31. The second kappa shape index (κ2) is 7.47. The molecule has 0 atom stereocenters. The molecule has 1 aliphatic rings. The molecule has 0 saturated heterocycles. The molecule has 1 aromatic carbocycles. The van der Waals surface area contributed by atoms with Crippen molar-refractivity contribution in [2.45, 2.75) is 53.2 Å². The van der Waals surface area contributed by atoms with E-state index in [0.29, 0.717) is 34.4 Å². The number of imidazole rings is 1. The van der Waals surface area contributed by atoms with E-state index in [2.05, 4.69) is 37.6 Å². The highest BCUT2D eigenvalue weighted by atomic mass is 35.5. The van der Waals surface area contributed by atoms with Crippen molar-refractivity contribution in [3.05, 3.63) is 46.6 Å². The lowest BCUT2D eigenvalue weighted by molar-refractivity contribution is 0.0788. The predicted octanol–water partition coefficient (Wildman–Crippen LogP) is 4.70. The lowest BCUT2D eigenvalue weighted by Crippen LogP contribution is -2.37. The van der Waals surface area contributed by atoms with Crippen LogP contribution < -0.4 is 4.90 Å². The number of aromatic nitrogens is 3. The molecule has 1 amide bonds. The molecule has 3 heterocycles. The monoisotopic (exact) mass is 427 g/mol. The van der Waals surface area contributed by atoms with Gasteiger partial charge >= 0.3 is 0 Å². The summed E-state index contributed by atoms with van der Waals surface area (Å²) in [6.07, 6.45) is 1.70. The number of anilines is 1. The summed E-state index contributed by atoms with van der Waals surface area (Å²) >= 11 is 6.37. The summed E-state index contributed by atoms with van der Waals surface area (Å²) in [6.45, 7) is 10.8. The largest absolute Gasteiger partial charge is 0.438 e. The van der Waals surface area contributed by atoms with Crippen LogP contribution in [0.4, 0.5) is 5.82 Å². The summed E-state index contributed by atoms with van der Waals surface area (Å²) in [5, 5.41) is 0.422. The van der Waals surface area contributed by atoms with Crippen LogP contribution >= 0.6 is 11.6 Å². The maximum atomic E-state index is 12.9. The molecule has 0 saturated carbocycles. The van der Waals surface area contributed by atoms with Gasteiger partial charge in [-0.25, -0.2) is 4.98 Å². The van der Waals surface area contributed by atoms with E-state index in [0.717, 1.165) is 17.3 Å². The summed E-state index contributed by atoms with van der Waals surface area (Å²) < 4.78 is 7.97. The van der Waals surface area contributed by atoms with Crippen LogP contribution in [0.15, 0.2) is 28.9 Å². The summed E-state index contributed by atoms with van der Waals surface area (Å²) in [5.41, 5.74) is 2.64. The Morgan fingerprint density at radius 2 is 1.90 bits per heavy atom. The van der Waals surface area contributed by atoms with Gasteiger partial charge in [0.05, 0.1) is 28.5 Å². The number of benzene rings is 1. The Hall–Kier alpha value is -2.80. The first-order chi connectivity index (χ1) is 14.2. The normalized spacial score (nSPS) is 13.6. The molecule has 8 heteroatoms. The minimum absolute atomic E-state index is 0.125. The molecule has 3 aromatic rings. The van der Waals surface area contributed by atoms with Crippen molar-refractivity contribution in [3.8, 4) is 17.3 Å². The van der Waals surface area contributed by atoms with E-state index in [1.165, 1.54) is 0 Å². The minimum atomic E-state index is -0.125. The summed E-state index contributed by atoms with van der Waals surface area (Å²) in [5.74, 6) is 1.89. The Bertz CT molecular complexity index is 1110. The maximum Gasteiger partial charge on any atom is 0.257 e. The first-order valence-electron chi connectivity index (χ1n) is 10.1. The number of fused-ring (bicyclic) bond motifs is 3. The first kappa shape index (κ1) is 20.5. The fourth-order valence-corrected chi connectivity index (χ4v) is 4.39. The molecule has 0 fully saturated rings. The van der Waals surface area contributed by atoms with Crippen LogP contribution in [0.2, 0.25) is 5.02 Å². The number of rotatable bonds is 4. The van der Waals surface area contributed by atoms with Crippen molar-refractivity contribution in [2.24, 2.45) is 0 Å². The van der Waals surface area contributed by atoms with Gasteiger partial charge in [0.1, 0.15) is 17.8 Å². The van der Waals surface area contributed by atoms with Crippen molar-refractivity contribution in [2.75, 3.05) is 11.9 Å². The molecule has 30 heavy (non-hydrogen) atoms. The Balaban J connectivity index is 1.86. The van der Waals surface area contributed by atoms with Crippen LogP contribution in [0.3, 0.4) is 0 Å². The van der Waals surface area contributed by atoms with Gasteiger partial charge in [-0.15, -0.1) is 0 Å². The minimum Gasteiger partial charge on any atom is -0.438 e. The second-order valence-corrected chi connectivity index (χ2v) is 8.61. The Kier molecular flexibility index (Phi) is 5.10. The third-order valence-corrected chi connectivity index (χ3v) is 5.71. The van der Waals surface area contributed by atoms with Crippen molar-refractivity contribution >= 4 is 23.3 Å². The van der Waals surface area contributed by atoms with Gasteiger partial charge in [-0.1, -0.05) is 17.7 Å². The zero-order valence-corrected chi connectivity index (χ0v) is 18.9. The third kappa shape index (κ3) is 3.17. The fourth-order valence-electron chi connectivity index (χ4n) is 4.14. The lowest BCUT2D eigenvalue weighted by Gasteiger charge is -2.30. The van der Waals surface area contributed by atoms with E-state index in [1.54, 1.807) is 24.3 Å². The number of hydrogen-bond acceptors (Lipinski definition) is 5. The number of aryl methyl sites for hydroxylation is 1. The molecule has 0 radical (unpaired) electrons. The molecular weight excluding hydrogens is 402 g/mol. The molecule has 1 aliphatic heterocycles. The van der Waals surface area contributed by atoms with Gasteiger partial charge in [0.25, 0.3) is 5.91 Å².